The van der Waals surface area contributed by atoms with E-state index >= 15 is 0 Å². The Labute approximate surface area is 122 Å². The molecule has 0 atom stereocenters. The second-order valence-electron chi connectivity index (χ2n) is 5.28. The van der Waals surface area contributed by atoms with Crippen molar-refractivity contribution in [3.8, 4) is 0 Å². The highest BCUT2D eigenvalue weighted by atomic mass is 32.2. The second-order valence-corrected chi connectivity index (χ2v) is 6.25. The Balaban J connectivity index is 2.15. The van der Waals surface area contributed by atoms with Gasteiger partial charge in [0.05, 0.1) is 11.3 Å². The van der Waals surface area contributed by atoms with Crippen molar-refractivity contribution in [2.45, 2.75) is 37.6 Å². The predicted molar refractivity (Wildman–Crippen MR) is 81.5 cm³/mol. The smallest absolute Gasteiger partial charge is 0.313 e. The van der Waals surface area contributed by atoms with E-state index in [1.165, 1.54) is 46.7 Å². The number of carboxylic acids is 1. The summed E-state index contributed by atoms with van der Waals surface area (Å²) in [6.07, 6.45) is 4.49. The van der Waals surface area contributed by atoms with Gasteiger partial charge < -0.3 is 5.11 Å². The molecule has 1 aromatic heterocycles. The lowest BCUT2D eigenvalue weighted by Gasteiger charge is -2.20. The SMILES string of the molecule is Cc1ccc2c3c(c(SCC(=O)O)nc2c1)CCCC3. The van der Waals surface area contributed by atoms with Crippen LogP contribution < -0.4 is 0 Å². The first kappa shape index (κ1) is 13.4. The van der Waals surface area contributed by atoms with Gasteiger partial charge in [-0.3, -0.25) is 4.79 Å². The Morgan fingerprint density at radius 3 is 2.80 bits per heavy atom. The van der Waals surface area contributed by atoms with E-state index in [2.05, 4.69) is 25.1 Å². The number of rotatable bonds is 3. The Hall–Kier alpha value is -1.55. The van der Waals surface area contributed by atoms with E-state index in [9.17, 15) is 4.79 Å². The van der Waals surface area contributed by atoms with Crippen LogP contribution in [0.1, 0.15) is 29.5 Å². The molecule has 0 fully saturated rings. The van der Waals surface area contributed by atoms with Crippen molar-refractivity contribution in [1.29, 1.82) is 0 Å². The van der Waals surface area contributed by atoms with E-state index < -0.39 is 5.97 Å². The largest absolute Gasteiger partial charge is 0.481 e. The minimum atomic E-state index is -0.786. The summed E-state index contributed by atoms with van der Waals surface area (Å²) in [5.41, 5.74) is 4.85. The van der Waals surface area contributed by atoms with Crippen LogP contribution in [0.15, 0.2) is 23.2 Å². The minimum Gasteiger partial charge on any atom is -0.481 e. The maximum Gasteiger partial charge on any atom is 0.313 e. The van der Waals surface area contributed by atoms with Crippen LogP contribution in [0.3, 0.4) is 0 Å². The number of fused-ring (bicyclic) bond motifs is 3. The van der Waals surface area contributed by atoms with Gasteiger partial charge in [0.2, 0.25) is 0 Å². The van der Waals surface area contributed by atoms with Crippen molar-refractivity contribution in [3.63, 3.8) is 0 Å². The highest BCUT2D eigenvalue weighted by Gasteiger charge is 2.19. The summed E-state index contributed by atoms with van der Waals surface area (Å²) in [5, 5.41) is 11.0. The number of thioether (sulfide) groups is 1. The number of aliphatic carboxylic acids is 1. The molecule has 0 saturated carbocycles. The van der Waals surface area contributed by atoms with Crippen LogP contribution in [0.25, 0.3) is 10.9 Å². The number of hydrogen-bond acceptors (Lipinski definition) is 3. The summed E-state index contributed by atoms with van der Waals surface area (Å²) in [5.74, 6) is -0.706. The van der Waals surface area contributed by atoms with Crippen LogP contribution in [0.5, 0.6) is 0 Å². The maximum absolute atomic E-state index is 10.8. The van der Waals surface area contributed by atoms with Gasteiger partial charge in [0, 0.05) is 5.39 Å². The molecule has 104 valence electrons. The van der Waals surface area contributed by atoms with Crippen molar-refractivity contribution >= 4 is 28.6 Å². The molecule has 1 aliphatic rings. The average Bonchev–Trinajstić information content (AvgIpc) is 2.44. The molecule has 0 amide bonds. The molecule has 0 bridgehead atoms. The van der Waals surface area contributed by atoms with Crippen molar-refractivity contribution in [2.24, 2.45) is 0 Å². The fourth-order valence-corrected chi connectivity index (χ4v) is 3.68. The molecular formula is C16H17NO2S. The van der Waals surface area contributed by atoms with E-state index in [1.807, 2.05) is 0 Å². The fraction of sp³-hybridized carbons (Fsp3) is 0.375. The number of nitrogens with zero attached hydrogens (tertiary/aromatic N) is 1. The molecule has 20 heavy (non-hydrogen) atoms. The summed E-state index contributed by atoms with van der Waals surface area (Å²) in [4.78, 5) is 15.5. The summed E-state index contributed by atoms with van der Waals surface area (Å²) in [6, 6.07) is 6.38. The van der Waals surface area contributed by atoms with Crippen molar-refractivity contribution in [3.05, 3.63) is 34.9 Å². The quantitative estimate of drug-likeness (QED) is 0.876. The Bertz CT molecular complexity index is 682. The molecule has 4 heteroatoms. The van der Waals surface area contributed by atoms with Gasteiger partial charge in [0.25, 0.3) is 0 Å². The third-order valence-electron chi connectivity index (χ3n) is 3.76. The fourth-order valence-electron chi connectivity index (χ4n) is 2.85. The molecule has 0 unspecified atom stereocenters. The topological polar surface area (TPSA) is 50.2 Å². The Morgan fingerprint density at radius 2 is 2.05 bits per heavy atom. The number of hydrogen-bond donors (Lipinski definition) is 1. The van der Waals surface area contributed by atoms with Gasteiger partial charge >= 0.3 is 5.97 Å². The maximum atomic E-state index is 10.8. The summed E-state index contributed by atoms with van der Waals surface area (Å²) >= 11 is 1.35. The van der Waals surface area contributed by atoms with Crippen LogP contribution in [-0.4, -0.2) is 21.8 Å². The highest BCUT2D eigenvalue weighted by Crippen LogP contribution is 2.34. The number of pyridine rings is 1. The van der Waals surface area contributed by atoms with Crippen molar-refractivity contribution in [1.82, 2.24) is 4.98 Å². The number of carboxylic acid groups (broad SMARTS) is 1. The van der Waals surface area contributed by atoms with Gasteiger partial charge in [0.1, 0.15) is 5.03 Å². The van der Waals surface area contributed by atoms with Gasteiger partial charge in [-0.05, 0) is 55.4 Å². The van der Waals surface area contributed by atoms with Gasteiger partial charge in [0.15, 0.2) is 0 Å². The third kappa shape index (κ3) is 2.52. The average molecular weight is 287 g/mol. The molecule has 1 N–H and O–H groups in total. The van der Waals surface area contributed by atoms with Crippen LogP contribution in [0.2, 0.25) is 0 Å². The van der Waals surface area contributed by atoms with Gasteiger partial charge in [-0.1, -0.05) is 23.9 Å². The number of benzene rings is 1. The zero-order valence-electron chi connectivity index (χ0n) is 11.5. The normalized spacial score (nSPS) is 14.2. The molecule has 0 spiro atoms. The second kappa shape index (κ2) is 5.44. The lowest BCUT2D eigenvalue weighted by molar-refractivity contribution is -0.133. The molecular weight excluding hydrogens is 270 g/mol. The molecule has 1 aromatic carbocycles. The molecule has 1 heterocycles. The van der Waals surface area contributed by atoms with Crippen LogP contribution in [-0.2, 0) is 17.6 Å². The van der Waals surface area contributed by atoms with Crippen LogP contribution >= 0.6 is 11.8 Å². The van der Waals surface area contributed by atoms with Gasteiger partial charge in [-0.2, -0.15) is 0 Å². The summed E-state index contributed by atoms with van der Waals surface area (Å²) in [6.45, 7) is 2.06. The standard InChI is InChI=1S/C16H17NO2S/c1-10-6-7-12-11-4-2-3-5-13(11)16(17-14(12)8-10)20-9-15(18)19/h6-8H,2-5,9H2,1H3,(H,18,19). The summed E-state index contributed by atoms with van der Waals surface area (Å²) < 4.78 is 0. The molecule has 0 saturated heterocycles. The first-order chi connectivity index (χ1) is 9.65. The first-order valence-corrected chi connectivity index (χ1v) is 7.90. The third-order valence-corrected chi connectivity index (χ3v) is 4.76. The summed E-state index contributed by atoms with van der Waals surface area (Å²) in [7, 11) is 0. The molecule has 3 rings (SSSR count). The van der Waals surface area contributed by atoms with E-state index in [-0.39, 0.29) is 5.75 Å². The number of carbonyl (C=O) groups is 1. The molecule has 1 aliphatic carbocycles. The molecule has 3 nitrogen and oxygen atoms in total. The van der Waals surface area contributed by atoms with Crippen LogP contribution in [0.4, 0.5) is 0 Å². The molecule has 0 radical (unpaired) electrons. The first-order valence-electron chi connectivity index (χ1n) is 6.92. The van der Waals surface area contributed by atoms with Gasteiger partial charge in [-0.15, -0.1) is 0 Å². The lowest BCUT2D eigenvalue weighted by atomic mass is 9.90. The van der Waals surface area contributed by atoms with E-state index in [4.69, 9.17) is 10.1 Å². The highest BCUT2D eigenvalue weighted by molar-refractivity contribution is 7.99. The van der Waals surface area contributed by atoms with E-state index in [0.717, 1.165) is 23.4 Å². The van der Waals surface area contributed by atoms with Gasteiger partial charge in [-0.25, -0.2) is 4.98 Å². The van der Waals surface area contributed by atoms with Crippen molar-refractivity contribution in [2.75, 3.05) is 5.75 Å². The molecule has 2 aromatic rings. The van der Waals surface area contributed by atoms with E-state index in [0.29, 0.717) is 0 Å². The monoisotopic (exact) mass is 287 g/mol. The van der Waals surface area contributed by atoms with Crippen molar-refractivity contribution < 1.29 is 9.90 Å². The Kier molecular flexibility index (Phi) is 3.66. The lowest BCUT2D eigenvalue weighted by Crippen LogP contribution is -2.08. The molecule has 0 aliphatic heterocycles. The number of aryl methyl sites for hydroxylation is 2. The number of aromatic nitrogens is 1. The predicted octanol–water partition coefficient (Wildman–Crippen LogP) is 3.60. The zero-order valence-corrected chi connectivity index (χ0v) is 12.3. The van der Waals surface area contributed by atoms with Crippen LogP contribution in [0, 0.1) is 6.92 Å². The Morgan fingerprint density at radius 1 is 1.30 bits per heavy atom. The minimum absolute atomic E-state index is 0.0801. The van der Waals surface area contributed by atoms with E-state index in [1.54, 1.807) is 0 Å². The zero-order chi connectivity index (χ0) is 14.1.